The second-order valence-electron chi connectivity index (χ2n) is 5.41. The standard InChI is InChI=1S/C13H28N2O2/c1-13(2,3)15-10-8-12(17)14-9-6-4-5-7-11-16/h15-16H,4-11H2,1-3H3,(H,14,17). The molecule has 0 heterocycles. The second kappa shape index (κ2) is 9.42. The molecular weight excluding hydrogens is 216 g/mol. The van der Waals surface area contributed by atoms with E-state index in [0.717, 1.165) is 38.8 Å². The number of carbonyl (C=O) groups excluding carboxylic acids is 1. The van der Waals surface area contributed by atoms with Crippen LogP contribution < -0.4 is 10.6 Å². The Hall–Kier alpha value is -0.610. The molecular formula is C13H28N2O2. The fourth-order valence-corrected chi connectivity index (χ4v) is 1.46. The van der Waals surface area contributed by atoms with Crippen LogP contribution in [-0.2, 0) is 4.79 Å². The van der Waals surface area contributed by atoms with Crippen molar-refractivity contribution in [1.29, 1.82) is 0 Å². The first kappa shape index (κ1) is 16.4. The van der Waals surface area contributed by atoms with Gasteiger partial charge in [0.05, 0.1) is 0 Å². The van der Waals surface area contributed by atoms with Crippen molar-refractivity contribution >= 4 is 5.91 Å². The summed E-state index contributed by atoms with van der Waals surface area (Å²) >= 11 is 0. The lowest BCUT2D eigenvalue weighted by Crippen LogP contribution is -2.38. The second-order valence-corrected chi connectivity index (χ2v) is 5.41. The monoisotopic (exact) mass is 244 g/mol. The number of aliphatic hydroxyl groups excluding tert-OH is 1. The van der Waals surface area contributed by atoms with Crippen LogP contribution in [0.5, 0.6) is 0 Å². The third-order valence-electron chi connectivity index (χ3n) is 2.41. The maximum absolute atomic E-state index is 11.4. The lowest BCUT2D eigenvalue weighted by atomic mass is 10.1. The Balaban J connectivity index is 3.29. The quantitative estimate of drug-likeness (QED) is 0.538. The summed E-state index contributed by atoms with van der Waals surface area (Å²) in [6.45, 7) is 8.01. The lowest BCUT2D eigenvalue weighted by molar-refractivity contribution is -0.121. The SMILES string of the molecule is CC(C)(C)NCCC(=O)NCCCCCCO. The predicted octanol–water partition coefficient (Wildman–Crippen LogP) is 1.43. The van der Waals surface area contributed by atoms with E-state index >= 15 is 0 Å². The highest BCUT2D eigenvalue weighted by molar-refractivity contribution is 5.75. The molecule has 0 saturated carbocycles. The molecule has 0 atom stereocenters. The fraction of sp³-hybridized carbons (Fsp3) is 0.923. The van der Waals surface area contributed by atoms with Crippen LogP contribution in [-0.4, -0.2) is 36.2 Å². The first-order valence-corrected chi connectivity index (χ1v) is 6.58. The zero-order valence-corrected chi connectivity index (χ0v) is 11.5. The van der Waals surface area contributed by atoms with E-state index in [1.54, 1.807) is 0 Å². The molecule has 1 amide bonds. The molecule has 0 aromatic carbocycles. The molecule has 0 rings (SSSR count). The summed E-state index contributed by atoms with van der Waals surface area (Å²) in [5.41, 5.74) is 0.0740. The third kappa shape index (κ3) is 13.3. The minimum atomic E-state index is 0.0740. The van der Waals surface area contributed by atoms with Gasteiger partial charge < -0.3 is 15.7 Å². The lowest BCUT2D eigenvalue weighted by Gasteiger charge is -2.20. The first-order chi connectivity index (χ1) is 7.95. The van der Waals surface area contributed by atoms with Crippen molar-refractivity contribution < 1.29 is 9.90 Å². The van der Waals surface area contributed by atoms with Gasteiger partial charge in [0.1, 0.15) is 0 Å². The van der Waals surface area contributed by atoms with Crippen molar-refractivity contribution in [3.63, 3.8) is 0 Å². The molecule has 0 radical (unpaired) electrons. The maximum atomic E-state index is 11.4. The maximum Gasteiger partial charge on any atom is 0.221 e. The average Bonchev–Trinajstić information content (AvgIpc) is 2.21. The van der Waals surface area contributed by atoms with E-state index < -0.39 is 0 Å². The van der Waals surface area contributed by atoms with E-state index in [-0.39, 0.29) is 18.1 Å². The van der Waals surface area contributed by atoms with Crippen LogP contribution in [0.4, 0.5) is 0 Å². The highest BCUT2D eigenvalue weighted by Crippen LogP contribution is 1.99. The number of aliphatic hydroxyl groups is 1. The Morgan fingerprint density at radius 1 is 1.06 bits per heavy atom. The highest BCUT2D eigenvalue weighted by Gasteiger charge is 2.09. The minimum absolute atomic E-state index is 0.0740. The van der Waals surface area contributed by atoms with Crippen molar-refractivity contribution in [2.75, 3.05) is 19.7 Å². The van der Waals surface area contributed by atoms with E-state index in [9.17, 15) is 4.79 Å². The summed E-state index contributed by atoms with van der Waals surface area (Å²) in [7, 11) is 0. The average molecular weight is 244 g/mol. The topological polar surface area (TPSA) is 61.4 Å². The van der Waals surface area contributed by atoms with Gasteiger partial charge >= 0.3 is 0 Å². The Kier molecular flexibility index (Phi) is 9.09. The van der Waals surface area contributed by atoms with E-state index in [4.69, 9.17) is 5.11 Å². The van der Waals surface area contributed by atoms with Gasteiger partial charge in [-0.1, -0.05) is 12.8 Å². The summed E-state index contributed by atoms with van der Waals surface area (Å²) in [5.74, 6) is 0.115. The number of hydrogen-bond donors (Lipinski definition) is 3. The van der Waals surface area contributed by atoms with Crippen molar-refractivity contribution in [1.82, 2.24) is 10.6 Å². The fourth-order valence-electron chi connectivity index (χ4n) is 1.46. The molecule has 0 fully saturated rings. The Bertz CT molecular complexity index is 200. The summed E-state index contributed by atoms with van der Waals surface area (Å²) in [6.07, 6.45) is 4.51. The number of unbranched alkanes of at least 4 members (excludes halogenated alkanes) is 3. The largest absolute Gasteiger partial charge is 0.396 e. The summed E-state index contributed by atoms with van der Waals surface area (Å²) < 4.78 is 0. The molecule has 4 nitrogen and oxygen atoms in total. The molecule has 0 bridgehead atoms. The Morgan fingerprint density at radius 2 is 1.71 bits per heavy atom. The molecule has 0 aliphatic carbocycles. The Morgan fingerprint density at radius 3 is 2.29 bits per heavy atom. The van der Waals surface area contributed by atoms with Gasteiger partial charge in [0.25, 0.3) is 0 Å². The molecule has 0 aromatic rings. The number of amides is 1. The van der Waals surface area contributed by atoms with Crippen LogP contribution >= 0.6 is 0 Å². The highest BCUT2D eigenvalue weighted by atomic mass is 16.2. The molecule has 0 saturated heterocycles. The molecule has 0 spiro atoms. The summed E-state index contributed by atoms with van der Waals surface area (Å²) in [6, 6.07) is 0. The molecule has 4 heteroatoms. The van der Waals surface area contributed by atoms with E-state index in [2.05, 4.69) is 31.4 Å². The van der Waals surface area contributed by atoms with Crippen LogP contribution in [0.3, 0.4) is 0 Å². The summed E-state index contributed by atoms with van der Waals surface area (Å²) in [4.78, 5) is 11.4. The normalized spacial score (nSPS) is 11.5. The van der Waals surface area contributed by atoms with Crippen molar-refractivity contribution in [3.05, 3.63) is 0 Å². The number of rotatable bonds is 9. The van der Waals surface area contributed by atoms with Gasteiger partial charge in [0.15, 0.2) is 0 Å². The van der Waals surface area contributed by atoms with Gasteiger partial charge in [-0.25, -0.2) is 0 Å². The van der Waals surface area contributed by atoms with Crippen LogP contribution in [0.25, 0.3) is 0 Å². The third-order valence-corrected chi connectivity index (χ3v) is 2.41. The molecule has 0 aliphatic heterocycles. The van der Waals surface area contributed by atoms with Crippen molar-refractivity contribution in [3.8, 4) is 0 Å². The molecule has 3 N–H and O–H groups in total. The van der Waals surface area contributed by atoms with Crippen molar-refractivity contribution in [2.24, 2.45) is 0 Å². The van der Waals surface area contributed by atoms with E-state index in [1.807, 2.05) is 0 Å². The van der Waals surface area contributed by atoms with E-state index in [0.29, 0.717) is 6.42 Å². The predicted molar refractivity (Wildman–Crippen MR) is 70.9 cm³/mol. The molecule has 17 heavy (non-hydrogen) atoms. The first-order valence-electron chi connectivity index (χ1n) is 6.58. The van der Waals surface area contributed by atoms with Crippen molar-refractivity contribution in [2.45, 2.75) is 58.4 Å². The minimum Gasteiger partial charge on any atom is -0.396 e. The molecule has 0 unspecified atom stereocenters. The number of carbonyl (C=O) groups is 1. The zero-order chi connectivity index (χ0) is 13.1. The number of hydrogen-bond acceptors (Lipinski definition) is 3. The van der Waals surface area contributed by atoms with Gasteiger partial charge in [-0.2, -0.15) is 0 Å². The van der Waals surface area contributed by atoms with Gasteiger partial charge in [0, 0.05) is 31.7 Å². The number of nitrogens with one attached hydrogen (secondary N) is 2. The van der Waals surface area contributed by atoms with Crippen LogP contribution in [0.2, 0.25) is 0 Å². The van der Waals surface area contributed by atoms with Gasteiger partial charge in [-0.3, -0.25) is 4.79 Å². The zero-order valence-electron chi connectivity index (χ0n) is 11.5. The van der Waals surface area contributed by atoms with Crippen LogP contribution in [0.15, 0.2) is 0 Å². The van der Waals surface area contributed by atoms with Gasteiger partial charge in [0.2, 0.25) is 5.91 Å². The van der Waals surface area contributed by atoms with Crippen LogP contribution in [0.1, 0.15) is 52.9 Å². The molecule has 0 aliphatic rings. The van der Waals surface area contributed by atoms with Gasteiger partial charge in [-0.15, -0.1) is 0 Å². The summed E-state index contributed by atoms with van der Waals surface area (Å²) in [5, 5.41) is 14.8. The van der Waals surface area contributed by atoms with Gasteiger partial charge in [-0.05, 0) is 33.6 Å². The van der Waals surface area contributed by atoms with E-state index in [1.165, 1.54) is 0 Å². The molecule has 0 aromatic heterocycles. The van der Waals surface area contributed by atoms with Crippen LogP contribution in [0, 0.1) is 0 Å². The Labute approximate surface area is 105 Å². The smallest absolute Gasteiger partial charge is 0.221 e. The molecule has 102 valence electrons.